The van der Waals surface area contributed by atoms with Crippen LogP contribution in [-0.4, -0.2) is 9.97 Å². The van der Waals surface area contributed by atoms with Gasteiger partial charge in [-0.15, -0.1) is 0 Å². The Hall–Kier alpha value is -6.58. The molecule has 9 aromatic rings. The SMILES string of the molecule is C1=CC(c2cc(-c3ccc4cc(-c5ccccc5)ccc4c3)nc(-c3ccccc3)n2)Cc2oc3ccc(-c4ccc5ccccc5c4)cc3c21. The Bertz CT molecular complexity index is 2780. The van der Waals surface area contributed by atoms with Gasteiger partial charge in [0.2, 0.25) is 0 Å². The highest BCUT2D eigenvalue weighted by Crippen LogP contribution is 2.39. The van der Waals surface area contributed by atoms with Gasteiger partial charge in [-0.1, -0.05) is 140 Å². The fourth-order valence-electron chi connectivity index (χ4n) is 7.47. The molecule has 0 amide bonds. The molecule has 1 unspecified atom stereocenters. The quantitative estimate of drug-likeness (QED) is 0.186. The summed E-state index contributed by atoms with van der Waals surface area (Å²) in [6, 6.07) is 58.0. The van der Waals surface area contributed by atoms with Crippen molar-refractivity contribution in [1.82, 2.24) is 9.97 Å². The van der Waals surface area contributed by atoms with Crippen LogP contribution in [0.5, 0.6) is 0 Å². The molecule has 2 heterocycles. The summed E-state index contributed by atoms with van der Waals surface area (Å²) in [6.07, 6.45) is 5.24. The Morgan fingerprint density at radius 3 is 1.84 bits per heavy atom. The first-order valence-corrected chi connectivity index (χ1v) is 17.5. The number of allylic oxidation sites excluding steroid dienone is 1. The minimum Gasteiger partial charge on any atom is -0.460 e. The standard InChI is InChI=1S/C48H32N2O/c1-3-9-31(10-4-1)35-17-18-38-27-40(20-19-36(38)26-35)44-30-45(50-48(49-44)33-12-5-2-6-13-33)41-21-23-42-43-28-39(22-24-46(43)51-47(42)29-41)37-16-15-32-11-7-8-14-34(32)25-37/h1-28,30,41H,29H2. The van der Waals surface area contributed by atoms with Crippen molar-refractivity contribution in [3.63, 3.8) is 0 Å². The number of benzene rings is 7. The third-order valence-corrected chi connectivity index (χ3v) is 10.2. The highest BCUT2D eigenvalue weighted by molar-refractivity contribution is 5.95. The Labute approximate surface area is 296 Å². The number of furan rings is 1. The molecule has 0 saturated heterocycles. The van der Waals surface area contributed by atoms with E-state index >= 15 is 0 Å². The molecular formula is C48H32N2O. The van der Waals surface area contributed by atoms with Gasteiger partial charge in [0.1, 0.15) is 11.3 Å². The zero-order chi connectivity index (χ0) is 33.7. The van der Waals surface area contributed by atoms with Gasteiger partial charge in [0.05, 0.1) is 11.4 Å². The van der Waals surface area contributed by atoms with Gasteiger partial charge in [-0.3, -0.25) is 0 Å². The maximum absolute atomic E-state index is 6.53. The Balaban J connectivity index is 1.01. The molecule has 7 aromatic carbocycles. The minimum atomic E-state index is 0.0520. The van der Waals surface area contributed by atoms with Crippen molar-refractivity contribution in [1.29, 1.82) is 0 Å². The van der Waals surface area contributed by atoms with Gasteiger partial charge in [-0.2, -0.15) is 0 Å². The van der Waals surface area contributed by atoms with Crippen molar-refractivity contribution >= 4 is 38.6 Å². The van der Waals surface area contributed by atoms with Crippen molar-refractivity contribution in [3.8, 4) is 44.9 Å². The zero-order valence-corrected chi connectivity index (χ0v) is 27.8. The van der Waals surface area contributed by atoms with E-state index in [9.17, 15) is 0 Å². The maximum Gasteiger partial charge on any atom is 0.160 e. The molecule has 3 nitrogen and oxygen atoms in total. The average Bonchev–Trinajstić information content (AvgIpc) is 3.58. The second kappa shape index (κ2) is 12.1. The van der Waals surface area contributed by atoms with Crippen LogP contribution in [0.15, 0.2) is 174 Å². The lowest BCUT2D eigenvalue weighted by Crippen LogP contribution is -2.08. The Morgan fingerprint density at radius 2 is 1.06 bits per heavy atom. The Kier molecular flexibility index (Phi) is 6.95. The fraction of sp³-hybridized carbons (Fsp3) is 0.0417. The Morgan fingerprint density at radius 1 is 0.471 bits per heavy atom. The first kappa shape index (κ1) is 29.3. The molecule has 2 aromatic heterocycles. The van der Waals surface area contributed by atoms with Crippen molar-refractivity contribution < 1.29 is 4.42 Å². The summed E-state index contributed by atoms with van der Waals surface area (Å²) in [4.78, 5) is 10.3. The van der Waals surface area contributed by atoms with Crippen molar-refractivity contribution in [3.05, 3.63) is 187 Å². The summed E-state index contributed by atoms with van der Waals surface area (Å²) in [5.41, 5.74) is 10.9. The van der Waals surface area contributed by atoms with E-state index in [-0.39, 0.29) is 5.92 Å². The number of hydrogen-bond acceptors (Lipinski definition) is 3. The van der Waals surface area contributed by atoms with Crippen LogP contribution in [-0.2, 0) is 6.42 Å². The van der Waals surface area contributed by atoms with Crippen molar-refractivity contribution in [2.24, 2.45) is 0 Å². The van der Waals surface area contributed by atoms with Gasteiger partial charge in [0.25, 0.3) is 0 Å². The maximum atomic E-state index is 6.53. The lowest BCUT2D eigenvalue weighted by molar-refractivity contribution is 0.530. The molecule has 1 atom stereocenters. The van der Waals surface area contributed by atoms with E-state index in [1.807, 2.05) is 18.2 Å². The number of hydrogen-bond donors (Lipinski definition) is 0. The third-order valence-electron chi connectivity index (χ3n) is 10.2. The van der Waals surface area contributed by atoms with Gasteiger partial charge >= 0.3 is 0 Å². The number of fused-ring (bicyclic) bond motifs is 5. The third kappa shape index (κ3) is 5.40. The minimum absolute atomic E-state index is 0.0520. The summed E-state index contributed by atoms with van der Waals surface area (Å²) in [5.74, 6) is 1.78. The van der Waals surface area contributed by atoms with Gasteiger partial charge in [-0.05, 0) is 80.2 Å². The molecule has 10 rings (SSSR count). The highest BCUT2D eigenvalue weighted by atomic mass is 16.3. The summed E-state index contributed by atoms with van der Waals surface area (Å²) < 4.78 is 6.53. The van der Waals surface area contributed by atoms with Crippen LogP contribution in [0.3, 0.4) is 0 Å². The van der Waals surface area contributed by atoms with Crippen LogP contribution >= 0.6 is 0 Å². The largest absolute Gasteiger partial charge is 0.460 e. The monoisotopic (exact) mass is 652 g/mol. The van der Waals surface area contributed by atoms with Gasteiger partial charge in [0.15, 0.2) is 5.82 Å². The van der Waals surface area contributed by atoms with Crippen molar-refractivity contribution in [2.75, 3.05) is 0 Å². The van der Waals surface area contributed by atoms with Crippen LogP contribution in [0.25, 0.3) is 83.5 Å². The lowest BCUT2D eigenvalue weighted by atomic mass is 9.90. The van der Waals surface area contributed by atoms with E-state index in [2.05, 4.69) is 158 Å². The van der Waals surface area contributed by atoms with E-state index in [4.69, 9.17) is 14.4 Å². The topological polar surface area (TPSA) is 38.9 Å². The molecule has 1 aliphatic rings. The van der Waals surface area contributed by atoms with E-state index in [0.717, 1.165) is 57.1 Å². The van der Waals surface area contributed by atoms with Gasteiger partial charge in [-0.25, -0.2) is 9.97 Å². The first-order chi connectivity index (χ1) is 25.2. The molecule has 240 valence electrons. The lowest BCUT2D eigenvalue weighted by Gasteiger charge is -2.18. The molecule has 0 bridgehead atoms. The van der Waals surface area contributed by atoms with Crippen LogP contribution in [0, 0.1) is 0 Å². The normalized spacial score (nSPS) is 13.9. The fourth-order valence-corrected chi connectivity index (χ4v) is 7.47. The second-order valence-corrected chi connectivity index (χ2v) is 13.4. The number of rotatable bonds is 5. The van der Waals surface area contributed by atoms with E-state index in [1.165, 1.54) is 43.8 Å². The second-order valence-electron chi connectivity index (χ2n) is 13.4. The van der Waals surface area contributed by atoms with Gasteiger partial charge in [0, 0.05) is 34.4 Å². The molecule has 0 aliphatic heterocycles. The van der Waals surface area contributed by atoms with E-state index < -0.39 is 0 Å². The molecule has 0 N–H and O–H groups in total. The smallest absolute Gasteiger partial charge is 0.160 e. The molecule has 3 heteroatoms. The average molecular weight is 653 g/mol. The van der Waals surface area contributed by atoms with Gasteiger partial charge < -0.3 is 4.42 Å². The molecule has 0 radical (unpaired) electrons. The van der Waals surface area contributed by atoms with Crippen LogP contribution in [0.1, 0.15) is 22.9 Å². The van der Waals surface area contributed by atoms with Crippen molar-refractivity contribution in [2.45, 2.75) is 12.3 Å². The summed E-state index contributed by atoms with van der Waals surface area (Å²) in [7, 11) is 0. The molecule has 0 saturated carbocycles. The molecule has 1 aliphatic carbocycles. The summed E-state index contributed by atoms with van der Waals surface area (Å²) in [5, 5.41) is 6.02. The van der Waals surface area contributed by atoms with E-state index in [0.29, 0.717) is 0 Å². The predicted molar refractivity (Wildman–Crippen MR) is 210 cm³/mol. The zero-order valence-electron chi connectivity index (χ0n) is 27.8. The molecule has 0 fully saturated rings. The molecular weight excluding hydrogens is 621 g/mol. The van der Waals surface area contributed by atoms with Crippen LogP contribution in [0.2, 0.25) is 0 Å². The number of aromatic nitrogens is 2. The first-order valence-electron chi connectivity index (χ1n) is 17.5. The summed E-state index contributed by atoms with van der Waals surface area (Å²) >= 11 is 0. The predicted octanol–water partition coefficient (Wildman–Crippen LogP) is 12.6. The number of nitrogens with zero attached hydrogens (tertiary/aromatic N) is 2. The molecule has 51 heavy (non-hydrogen) atoms. The highest BCUT2D eigenvalue weighted by Gasteiger charge is 2.24. The van der Waals surface area contributed by atoms with Crippen LogP contribution < -0.4 is 0 Å². The summed E-state index contributed by atoms with van der Waals surface area (Å²) in [6.45, 7) is 0. The molecule has 0 spiro atoms. The van der Waals surface area contributed by atoms with E-state index in [1.54, 1.807) is 0 Å². The van der Waals surface area contributed by atoms with Crippen LogP contribution in [0.4, 0.5) is 0 Å².